The van der Waals surface area contributed by atoms with E-state index in [1.165, 1.54) is 24.3 Å². The van der Waals surface area contributed by atoms with Crippen molar-refractivity contribution < 1.29 is 14.0 Å². The number of fused-ring (bicyclic) bond motifs is 3. The fourth-order valence-corrected chi connectivity index (χ4v) is 5.16. The number of Topliss-reactive ketones (excluding diaryl/α,β-unsaturated/α-hetero) is 1. The van der Waals surface area contributed by atoms with E-state index in [1.807, 2.05) is 35.2 Å². The summed E-state index contributed by atoms with van der Waals surface area (Å²) in [5, 5.41) is 10.4. The van der Waals surface area contributed by atoms with Gasteiger partial charge in [-0.25, -0.2) is 4.39 Å². The molecule has 2 aliphatic rings. The summed E-state index contributed by atoms with van der Waals surface area (Å²) < 4.78 is 13.6. The fraction of sp³-hybridized carbons (Fsp3) is 0.154. The van der Waals surface area contributed by atoms with Crippen molar-refractivity contribution in [3.8, 4) is 6.07 Å². The van der Waals surface area contributed by atoms with Crippen LogP contribution in [0.3, 0.4) is 0 Å². The second kappa shape index (κ2) is 7.68. The van der Waals surface area contributed by atoms with Crippen LogP contribution in [0.2, 0.25) is 0 Å². The number of nitrogens with two attached hydrogens (primary N) is 1. The smallest absolute Gasteiger partial charge is 0.241 e. The van der Waals surface area contributed by atoms with Crippen LogP contribution in [0.4, 0.5) is 10.1 Å². The number of aromatic nitrogens is 1. The molecule has 2 aromatic carbocycles. The van der Waals surface area contributed by atoms with Gasteiger partial charge in [-0.05, 0) is 53.6 Å². The van der Waals surface area contributed by atoms with Gasteiger partial charge in [0.15, 0.2) is 11.2 Å². The zero-order valence-electron chi connectivity index (χ0n) is 17.4. The van der Waals surface area contributed by atoms with Crippen LogP contribution in [0.15, 0.2) is 79.1 Å². The Labute approximate surface area is 189 Å². The van der Waals surface area contributed by atoms with Crippen LogP contribution in [-0.4, -0.2) is 28.8 Å². The Morgan fingerprint density at radius 2 is 1.76 bits per heavy atom. The lowest BCUT2D eigenvalue weighted by Gasteiger charge is -2.36. The van der Waals surface area contributed by atoms with E-state index in [9.17, 15) is 19.2 Å². The summed E-state index contributed by atoms with van der Waals surface area (Å²) in [4.78, 5) is 32.9. The number of amides is 1. The number of hydrogen-bond acceptors (Lipinski definition) is 5. The zero-order valence-corrected chi connectivity index (χ0v) is 17.4. The molecule has 0 unspecified atom stereocenters. The van der Waals surface area contributed by atoms with E-state index >= 15 is 0 Å². The van der Waals surface area contributed by atoms with Crippen molar-refractivity contribution in [2.75, 3.05) is 4.90 Å². The first kappa shape index (κ1) is 20.6. The molecule has 1 amide bonds. The lowest BCUT2D eigenvalue weighted by molar-refractivity contribution is -0.125. The standard InChI is InChI=1S/C26H19FN4O2/c27-19-8-5-18(6-9-19)24(32)23-22(17-11-13-30-14-12-17)26(15-28,25(29)33)21-10-7-16-3-1-2-4-20(16)31(21)23/h1-14,21-23H,(H2,29,33)/t21-,22-,23+,26-/m1/s1. The quantitative estimate of drug-likeness (QED) is 0.629. The number of nitrogens with zero attached hydrogens (tertiary/aromatic N) is 3. The number of rotatable bonds is 4. The minimum atomic E-state index is -1.72. The predicted molar refractivity (Wildman–Crippen MR) is 120 cm³/mol. The number of carbonyl (C=O) groups excluding carboxylic acids is 2. The van der Waals surface area contributed by atoms with Crippen molar-refractivity contribution in [1.82, 2.24) is 4.98 Å². The maximum Gasteiger partial charge on any atom is 0.241 e. The van der Waals surface area contributed by atoms with Gasteiger partial charge in [0.05, 0.1) is 12.1 Å². The van der Waals surface area contributed by atoms with Gasteiger partial charge in [-0.15, -0.1) is 0 Å². The third-order valence-corrected chi connectivity index (χ3v) is 6.60. The van der Waals surface area contributed by atoms with Crippen molar-refractivity contribution in [1.29, 1.82) is 5.26 Å². The van der Waals surface area contributed by atoms with Crippen LogP contribution in [0.5, 0.6) is 0 Å². The molecule has 0 radical (unpaired) electrons. The molecule has 0 bridgehead atoms. The van der Waals surface area contributed by atoms with Crippen LogP contribution in [0, 0.1) is 22.6 Å². The van der Waals surface area contributed by atoms with Crippen molar-refractivity contribution in [3.05, 3.63) is 102 Å². The molecule has 162 valence electrons. The van der Waals surface area contributed by atoms with Crippen molar-refractivity contribution >= 4 is 23.5 Å². The van der Waals surface area contributed by atoms with Gasteiger partial charge in [-0.1, -0.05) is 30.4 Å². The van der Waals surface area contributed by atoms with Crippen LogP contribution < -0.4 is 10.6 Å². The topological polar surface area (TPSA) is 100 Å². The molecule has 1 aromatic heterocycles. The molecule has 0 saturated carbocycles. The summed E-state index contributed by atoms with van der Waals surface area (Å²) in [7, 11) is 0. The Morgan fingerprint density at radius 1 is 1.06 bits per heavy atom. The Bertz CT molecular complexity index is 1320. The molecular formula is C26H19FN4O2. The highest BCUT2D eigenvalue weighted by molar-refractivity contribution is 6.06. The largest absolute Gasteiger partial charge is 0.368 e. The number of pyridine rings is 1. The van der Waals surface area contributed by atoms with Gasteiger partial charge in [0, 0.05) is 29.6 Å². The minimum absolute atomic E-state index is 0.282. The van der Waals surface area contributed by atoms with E-state index in [0.717, 1.165) is 11.3 Å². The number of para-hydroxylation sites is 1. The van der Waals surface area contributed by atoms with Crippen molar-refractivity contribution in [2.24, 2.45) is 11.1 Å². The number of anilines is 1. The monoisotopic (exact) mass is 438 g/mol. The summed E-state index contributed by atoms with van der Waals surface area (Å²) in [5.74, 6) is -2.47. The van der Waals surface area contributed by atoms with Gasteiger partial charge in [-0.3, -0.25) is 14.6 Å². The molecule has 0 spiro atoms. The Morgan fingerprint density at radius 3 is 2.42 bits per heavy atom. The Kier molecular flexibility index (Phi) is 4.79. The van der Waals surface area contributed by atoms with Gasteiger partial charge < -0.3 is 10.6 Å². The number of benzene rings is 2. The molecule has 2 aliphatic heterocycles. The van der Waals surface area contributed by atoms with E-state index in [0.29, 0.717) is 5.56 Å². The number of hydrogen-bond donors (Lipinski definition) is 1. The summed E-state index contributed by atoms with van der Waals surface area (Å²) in [6, 6.07) is 16.6. The molecule has 1 saturated heterocycles. The molecule has 6 nitrogen and oxygen atoms in total. The normalized spacial score (nSPS) is 25.1. The van der Waals surface area contributed by atoms with E-state index in [1.54, 1.807) is 30.6 Å². The zero-order chi connectivity index (χ0) is 23.2. The van der Waals surface area contributed by atoms with Crippen LogP contribution in [0.1, 0.15) is 27.4 Å². The highest BCUT2D eigenvalue weighted by atomic mass is 19.1. The molecule has 7 heteroatoms. The molecule has 0 aliphatic carbocycles. The Hall–Kier alpha value is -4.31. The molecule has 4 atom stereocenters. The average Bonchev–Trinajstić information content (AvgIpc) is 3.16. The summed E-state index contributed by atoms with van der Waals surface area (Å²) >= 11 is 0. The van der Waals surface area contributed by atoms with Crippen LogP contribution in [-0.2, 0) is 4.79 Å². The SMILES string of the molecule is N#C[C@]1(C(N)=O)[C@H](c2ccncc2)[C@@H](C(=O)c2ccc(F)cc2)N2c3ccccc3C=C[C@@H]21. The second-order valence-electron chi connectivity index (χ2n) is 8.19. The molecule has 33 heavy (non-hydrogen) atoms. The van der Waals surface area contributed by atoms with E-state index in [-0.39, 0.29) is 11.3 Å². The van der Waals surface area contributed by atoms with E-state index < -0.39 is 35.1 Å². The van der Waals surface area contributed by atoms with Crippen molar-refractivity contribution in [3.63, 3.8) is 0 Å². The fourth-order valence-electron chi connectivity index (χ4n) is 5.16. The molecule has 3 heterocycles. The van der Waals surface area contributed by atoms with E-state index in [4.69, 9.17) is 5.73 Å². The number of ketones is 1. The molecule has 2 N–H and O–H groups in total. The minimum Gasteiger partial charge on any atom is -0.368 e. The number of nitriles is 1. The first-order valence-electron chi connectivity index (χ1n) is 10.5. The van der Waals surface area contributed by atoms with Gasteiger partial charge >= 0.3 is 0 Å². The molecule has 3 aromatic rings. The first-order chi connectivity index (χ1) is 16.0. The van der Waals surface area contributed by atoms with E-state index in [2.05, 4.69) is 11.1 Å². The third-order valence-electron chi connectivity index (χ3n) is 6.60. The van der Waals surface area contributed by atoms with Gasteiger partial charge in [0.1, 0.15) is 11.9 Å². The average molecular weight is 438 g/mol. The van der Waals surface area contributed by atoms with Gasteiger partial charge in [0.25, 0.3) is 0 Å². The highest BCUT2D eigenvalue weighted by Gasteiger charge is 2.65. The predicted octanol–water partition coefficient (Wildman–Crippen LogP) is 3.47. The summed E-state index contributed by atoms with van der Waals surface area (Å²) in [6.45, 7) is 0. The van der Waals surface area contributed by atoms with Gasteiger partial charge in [-0.2, -0.15) is 5.26 Å². The van der Waals surface area contributed by atoms with Crippen LogP contribution in [0.25, 0.3) is 6.08 Å². The molecule has 5 rings (SSSR count). The van der Waals surface area contributed by atoms with Crippen LogP contribution >= 0.6 is 0 Å². The number of carbonyl (C=O) groups is 2. The first-order valence-corrected chi connectivity index (χ1v) is 10.5. The highest BCUT2D eigenvalue weighted by Crippen LogP contribution is 2.55. The molecule has 1 fully saturated rings. The third kappa shape index (κ3) is 2.95. The van der Waals surface area contributed by atoms with Gasteiger partial charge in [0.2, 0.25) is 5.91 Å². The lowest BCUT2D eigenvalue weighted by Crippen LogP contribution is -2.49. The maximum atomic E-state index is 14.0. The number of primary amides is 1. The summed E-state index contributed by atoms with van der Waals surface area (Å²) in [6.07, 6.45) is 6.72. The lowest BCUT2D eigenvalue weighted by atomic mass is 9.67. The maximum absolute atomic E-state index is 14.0. The number of halogens is 1. The Balaban J connectivity index is 1.80. The molecular weight excluding hydrogens is 419 g/mol. The van der Waals surface area contributed by atoms with Crippen molar-refractivity contribution in [2.45, 2.75) is 18.0 Å². The summed E-state index contributed by atoms with van der Waals surface area (Å²) in [5.41, 5.74) is 6.67. The second-order valence-corrected chi connectivity index (χ2v) is 8.19.